The van der Waals surface area contributed by atoms with E-state index in [2.05, 4.69) is 4.98 Å². The number of aromatic nitrogens is 1. The van der Waals surface area contributed by atoms with Crippen LogP contribution in [0, 0.1) is 5.82 Å². The van der Waals surface area contributed by atoms with Crippen molar-refractivity contribution in [1.29, 1.82) is 0 Å². The molecule has 0 bridgehead atoms. The van der Waals surface area contributed by atoms with Crippen LogP contribution in [0.4, 0.5) is 10.2 Å². The maximum atomic E-state index is 14.2. The summed E-state index contributed by atoms with van der Waals surface area (Å²) in [5.74, 6) is -1.43. The van der Waals surface area contributed by atoms with E-state index < -0.39 is 11.4 Å². The zero-order valence-electron chi connectivity index (χ0n) is 13.6. The van der Waals surface area contributed by atoms with Gasteiger partial charge in [-0.15, -0.1) is 0 Å². The number of amides is 2. The van der Waals surface area contributed by atoms with Gasteiger partial charge < -0.3 is 4.90 Å². The van der Waals surface area contributed by atoms with Crippen molar-refractivity contribution in [3.63, 3.8) is 0 Å². The Morgan fingerprint density at radius 3 is 2.42 bits per heavy atom. The Morgan fingerprint density at radius 1 is 1.12 bits per heavy atom. The van der Waals surface area contributed by atoms with Crippen LogP contribution in [0.1, 0.15) is 18.4 Å². The molecule has 0 atom stereocenters. The minimum atomic E-state index is -0.914. The van der Waals surface area contributed by atoms with E-state index in [1.165, 1.54) is 6.20 Å². The number of carbonyl (C=O) groups is 2. The third-order valence-electron chi connectivity index (χ3n) is 4.78. The summed E-state index contributed by atoms with van der Waals surface area (Å²) >= 11 is 11.6. The Hall–Kier alpha value is -2.18. The molecule has 2 aromatic rings. The number of hydrogen-bond acceptors (Lipinski definition) is 3. The summed E-state index contributed by atoms with van der Waals surface area (Å²) in [7, 11) is 0. The van der Waals surface area contributed by atoms with Crippen LogP contribution in [0.25, 0.3) is 0 Å². The van der Waals surface area contributed by atoms with Crippen molar-refractivity contribution in [1.82, 2.24) is 9.88 Å². The molecule has 4 rings (SSSR count). The quantitative estimate of drug-likeness (QED) is 0.802. The van der Waals surface area contributed by atoms with Gasteiger partial charge in [-0.2, -0.15) is 0 Å². The second kappa shape index (κ2) is 6.21. The molecule has 2 aliphatic rings. The molecule has 2 fully saturated rings. The van der Waals surface area contributed by atoms with Gasteiger partial charge in [0, 0.05) is 17.8 Å². The fraction of sp³-hybridized carbons (Fsp3) is 0.278. The number of hydrogen-bond donors (Lipinski definition) is 0. The normalized spacial score (nSPS) is 18.6. The van der Waals surface area contributed by atoms with Crippen molar-refractivity contribution in [2.45, 2.75) is 24.9 Å². The lowest BCUT2D eigenvalue weighted by Gasteiger charge is -2.40. The molecule has 0 unspecified atom stereocenters. The minimum absolute atomic E-state index is 0.132. The summed E-state index contributed by atoms with van der Waals surface area (Å²) in [4.78, 5) is 32.4. The monoisotopic (exact) mass is 393 g/mol. The van der Waals surface area contributed by atoms with Crippen LogP contribution in [0.3, 0.4) is 0 Å². The van der Waals surface area contributed by atoms with E-state index in [-0.39, 0.29) is 29.2 Å². The summed E-state index contributed by atoms with van der Waals surface area (Å²) in [6, 6.07) is 8.21. The molecule has 1 aromatic carbocycles. The number of carbonyl (C=O) groups excluding carboxylic acids is 2. The Morgan fingerprint density at radius 2 is 1.81 bits per heavy atom. The summed E-state index contributed by atoms with van der Waals surface area (Å²) in [6.07, 6.45) is 2.37. The molecular formula is C18H14Cl2FN3O2. The van der Waals surface area contributed by atoms with Crippen LogP contribution in [-0.4, -0.2) is 33.8 Å². The van der Waals surface area contributed by atoms with Crippen LogP contribution < -0.4 is 4.90 Å². The molecule has 134 valence electrons. The molecule has 1 saturated carbocycles. The lowest BCUT2D eigenvalue weighted by atomic mass is 10.1. The van der Waals surface area contributed by atoms with Gasteiger partial charge in [-0.05, 0) is 36.6 Å². The smallest absolute Gasteiger partial charge is 0.254 e. The first-order valence-corrected chi connectivity index (χ1v) is 8.84. The molecule has 0 N–H and O–H groups in total. The number of rotatable bonds is 3. The lowest BCUT2D eigenvalue weighted by Crippen LogP contribution is -2.61. The Labute approximate surface area is 159 Å². The molecule has 1 aliphatic carbocycles. The second-order valence-electron chi connectivity index (χ2n) is 6.49. The van der Waals surface area contributed by atoms with Gasteiger partial charge in [0.15, 0.2) is 11.6 Å². The predicted molar refractivity (Wildman–Crippen MR) is 95.5 cm³/mol. The predicted octanol–water partition coefficient (Wildman–Crippen LogP) is 3.44. The minimum Gasteiger partial charge on any atom is -0.322 e. The summed E-state index contributed by atoms with van der Waals surface area (Å²) < 4.78 is 14.2. The SMILES string of the molecule is O=C1CN(c2ncc(Cl)cc2F)C(=O)C2(CC2)N1Cc1ccc(Cl)cc1. The van der Waals surface area contributed by atoms with E-state index in [0.717, 1.165) is 16.5 Å². The highest BCUT2D eigenvalue weighted by atomic mass is 35.5. The van der Waals surface area contributed by atoms with Crippen LogP contribution in [0.5, 0.6) is 0 Å². The van der Waals surface area contributed by atoms with Crippen molar-refractivity contribution in [2.24, 2.45) is 0 Å². The topological polar surface area (TPSA) is 53.5 Å². The first-order chi connectivity index (χ1) is 12.4. The summed E-state index contributed by atoms with van der Waals surface area (Å²) in [6.45, 7) is 0.0613. The Bertz CT molecular complexity index is 900. The van der Waals surface area contributed by atoms with Crippen LogP contribution in [0.15, 0.2) is 36.5 Å². The van der Waals surface area contributed by atoms with Crippen LogP contribution in [-0.2, 0) is 16.1 Å². The van der Waals surface area contributed by atoms with Gasteiger partial charge in [-0.25, -0.2) is 9.37 Å². The molecule has 2 amide bonds. The average molecular weight is 394 g/mol. The van der Waals surface area contributed by atoms with Crippen molar-refractivity contribution in [3.8, 4) is 0 Å². The number of halogens is 3. The lowest BCUT2D eigenvalue weighted by molar-refractivity contribution is -0.145. The zero-order chi connectivity index (χ0) is 18.5. The Kier molecular flexibility index (Phi) is 4.12. The van der Waals surface area contributed by atoms with Gasteiger partial charge >= 0.3 is 0 Å². The molecular weight excluding hydrogens is 380 g/mol. The molecule has 1 spiro atoms. The van der Waals surface area contributed by atoms with E-state index >= 15 is 0 Å². The summed E-state index contributed by atoms with van der Waals surface area (Å²) in [5, 5.41) is 0.735. The number of anilines is 1. The van der Waals surface area contributed by atoms with Gasteiger partial charge in [0.2, 0.25) is 5.91 Å². The van der Waals surface area contributed by atoms with E-state index in [0.29, 0.717) is 24.4 Å². The van der Waals surface area contributed by atoms with E-state index in [1.807, 2.05) is 12.1 Å². The molecule has 1 saturated heterocycles. The maximum absolute atomic E-state index is 14.2. The van der Waals surface area contributed by atoms with Gasteiger partial charge in [0.05, 0.1) is 5.02 Å². The van der Waals surface area contributed by atoms with Gasteiger partial charge in [0.25, 0.3) is 5.91 Å². The van der Waals surface area contributed by atoms with Gasteiger partial charge in [-0.3, -0.25) is 14.5 Å². The van der Waals surface area contributed by atoms with Crippen molar-refractivity contribution >= 4 is 40.8 Å². The highest BCUT2D eigenvalue weighted by molar-refractivity contribution is 6.30. The van der Waals surface area contributed by atoms with E-state index in [1.54, 1.807) is 17.0 Å². The average Bonchev–Trinajstić information content (AvgIpc) is 3.39. The van der Waals surface area contributed by atoms with Crippen molar-refractivity contribution in [2.75, 3.05) is 11.4 Å². The third-order valence-corrected chi connectivity index (χ3v) is 5.23. The highest BCUT2D eigenvalue weighted by Gasteiger charge is 2.61. The number of nitrogens with zero attached hydrogens (tertiary/aromatic N) is 3. The van der Waals surface area contributed by atoms with E-state index in [4.69, 9.17) is 23.2 Å². The second-order valence-corrected chi connectivity index (χ2v) is 7.36. The molecule has 8 heteroatoms. The first-order valence-electron chi connectivity index (χ1n) is 8.09. The molecule has 2 heterocycles. The largest absolute Gasteiger partial charge is 0.322 e. The van der Waals surface area contributed by atoms with Crippen molar-refractivity contribution < 1.29 is 14.0 Å². The fourth-order valence-electron chi connectivity index (χ4n) is 3.29. The molecule has 1 aromatic heterocycles. The van der Waals surface area contributed by atoms with Crippen LogP contribution >= 0.6 is 23.2 Å². The zero-order valence-corrected chi connectivity index (χ0v) is 15.1. The van der Waals surface area contributed by atoms with Gasteiger partial charge in [-0.1, -0.05) is 35.3 Å². The molecule has 0 radical (unpaired) electrons. The number of piperazine rings is 1. The maximum Gasteiger partial charge on any atom is 0.254 e. The molecule has 26 heavy (non-hydrogen) atoms. The highest BCUT2D eigenvalue weighted by Crippen LogP contribution is 2.47. The third kappa shape index (κ3) is 2.83. The summed E-state index contributed by atoms with van der Waals surface area (Å²) in [5.41, 5.74) is -0.0333. The fourth-order valence-corrected chi connectivity index (χ4v) is 3.56. The Balaban J connectivity index is 1.63. The van der Waals surface area contributed by atoms with Crippen LogP contribution in [0.2, 0.25) is 10.0 Å². The molecule has 1 aliphatic heterocycles. The van der Waals surface area contributed by atoms with E-state index in [9.17, 15) is 14.0 Å². The number of benzene rings is 1. The molecule has 5 nitrogen and oxygen atoms in total. The standard InChI is InChI=1S/C18H14Cl2FN3O2/c19-12-3-1-11(2-4-12)9-24-15(25)10-23(17(26)18(24)5-6-18)16-14(21)7-13(20)8-22-16/h1-4,7-8H,5-6,9-10H2. The van der Waals surface area contributed by atoms with Gasteiger partial charge in [0.1, 0.15) is 12.1 Å². The number of pyridine rings is 1. The first kappa shape index (κ1) is 17.2. The van der Waals surface area contributed by atoms with Crippen molar-refractivity contribution in [3.05, 3.63) is 58.0 Å².